The van der Waals surface area contributed by atoms with E-state index >= 15 is 0 Å². The van der Waals surface area contributed by atoms with Crippen molar-refractivity contribution >= 4 is 20.9 Å². The van der Waals surface area contributed by atoms with Crippen LogP contribution in [-0.4, -0.2) is 18.6 Å². The van der Waals surface area contributed by atoms with Gasteiger partial charge in [0.2, 0.25) is 16.0 Å². The van der Waals surface area contributed by atoms with Gasteiger partial charge in [-0.1, -0.05) is 18.2 Å². The molecule has 2 aromatic rings. The molecule has 15 heavy (non-hydrogen) atoms. The molecule has 0 aliphatic carbocycles. The van der Waals surface area contributed by atoms with Gasteiger partial charge in [0, 0.05) is 10.9 Å². The molecule has 1 aromatic carbocycles. The predicted molar refractivity (Wildman–Crippen MR) is 56.9 cm³/mol. The zero-order chi connectivity index (χ0) is 11.2. The Hall–Kier alpha value is -1.36. The molecule has 0 aliphatic rings. The first-order valence-electron chi connectivity index (χ1n) is 4.39. The quantitative estimate of drug-likeness (QED) is 0.746. The lowest BCUT2D eigenvalue weighted by Crippen LogP contribution is -2.12. The zero-order valence-electron chi connectivity index (χ0n) is 8.36. The highest BCUT2D eigenvalue weighted by Gasteiger charge is 2.19. The molecular weight excluding hydrogens is 217 g/mol. The van der Waals surface area contributed by atoms with E-state index in [0.29, 0.717) is 16.5 Å². The van der Waals surface area contributed by atoms with Gasteiger partial charge in [-0.2, -0.15) is 4.39 Å². The Morgan fingerprint density at radius 1 is 1.27 bits per heavy atom. The van der Waals surface area contributed by atoms with Gasteiger partial charge in [0.25, 0.3) is 0 Å². The summed E-state index contributed by atoms with van der Waals surface area (Å²) < 4.78 is 37.2. The average Bonchev–Trinajstić information content (AvgIpc) is 2.39. The fraction of sp³-hybridized carbons (Fsp3) is 0.200. The minimum Gasteiger partial charge on any atom is -0.212 e. The number of aromatic nitrogens is 1. The Kier molecular flexibility index (Phi) is 2.08. The number of hydrogen-bond donors (Lipinski definition) is 0. The minimum absolute atomic E-state index is 0.357. The summed E-state index contributed by atoms with van der Waals surface area (Å²) in [5.41, 5.74) is 0.742. The van der Waals surface area contributed by atoms with E-state index in [4.69, 9.17) is 0 Å². The maximum atomic E-state index is 13.7. The molecule has 0 fully saturated rings. The normalized spacial score (nSPS) is 12.2. The van der Waals surface area contributed by atoms with Crippen molar-refractivity contribution in [1.29, 1.82) is 0 Å². The molecule has 0 aliphatic heterocycles. The largest absolute Gasteiger partial charge is 0.238 e. The van der Waals surface area contributed by atoms with E-state index in [-0.39, 0.29) is 0 Å². The third-order valence-corrected chi connectivity index (χ3v) is 3.37. The lowest BCUT2D eigenvalue weighted by Gasteiger charge is -2.01. The maximum absolute atomic E-state index is 13.7. The fourth-order valence-electron chi connectivity index (χ4n) is 1.66. The van der Waals surface area contributed by atoms with E-state index in [2.05, 4.69) is 0 Å². The highest BCUT2D eigenvalue weighted by atomic mass is 32.2. The maximum Gasteiger partial charge on any atom is 0.238 e. The summed E-state index contributed by atoms with van der Waals surface area (Å²) >= 11 is 0. The van der Waals surface area contributed by atoms with Crippen LogP contribution in [0.2, 0.25) is 0 Å². The van der Waals surface area contributed by atoms with Gasteiger partial charge in [-0.3, -0.25) is 0 Å². The summed E-state index contributed by atoms with van der Waals surface area (Å²) in [5, 5.41) is 0.625. The number of para-hydroxylation sites is 1. The van der Waals surface area contributed by atoms with Gasteiger partial charge in [-0.25, -0.2) is 12.4 Å². The molecule has 3 nitrogen and oxygen atoms in total. The van der Waals surface area contributed by atoms with Gasteiger partial charge in [0.1, 0.15) is 0 Å². The molecule has 2 rings (SSSR count). The van der Waals surface area contributed by atoms with E-state index in [1.165, 1.54) is 0 Å². The Bertz CT molecular complexity index is 628. The van der Waals surface area contributed by atoms with E-state index in [1.807, 2.05) is 0 Å². The Morgan fingerprint density at radius 3 is 2.47 bits per heavy atom. The topological polar surface area (TPSA) is 39.1 Å². The van der Waals surface area contributed by atoms with E-state index < -0.39 is 16.0 Å². The molecule has 0 spiro atoms. The van der Waals surface area contributed by atoms with Gasteiger partial charge >= 0.3 is 0 Å². The van der Waals surface area contributed by atoms with Crippen LogP contribution in [0.15, 0.2) is 24.3 Å². The lowest BCUT2D eigenvalue weighted by molar-refractivity contribution is 0.544. The minimum atomic E-state index is -3.60. The van der Waals surface area contributed by atoms with Crippen LogP contribution in [0.4, 0.5) is 4.39 Å². The molecule has 0 bridgehead atoms. The summed E-state index contributed by atoms with van der Waals surface area (Å²) in [6, 6.07) is 6.73. The molecule has 5 heteroatoms. The van der Waals surface area contributed by atoms with E-state index in [1.54, 1.807) is 31.2 Å². The van der Waals surface area contributed by atoms with Crippen LogP contribution >= 0.6 is 0 Å². The third-order valence-electron chi connectivity index (χ3n) is 2.35. The van der Waals surface area contributed by atoms with Crippen LogP contribution < -0.4 is 0 Å². The van der Waals surface area contributed by atoms with Crippen molar-refractivity contribution in [1.82, 2.24) is 3.97 Å². The molecule has 0 amide bonds. The standard InChI is InChI=1S/C10H10FNO2S/c1-7-8-5-3-4-6-9(8)12(10(7)11)15(2,13)14/h3-6H,1-2H3. The summed E-state index contributed by atoms with van der Waals surface area (Å²) in [4.78, 5) is 0. The number of aryl methyl sites for hydroxylation is 1. The van der Waals surface area contributed by atoms with Crippen LogP contribution in [-0.2, 0) is 10.0 Å². The van der Waals surface area contributed by atoms with Gasteiger partial charge in [-0.15, -0.1) is 0 Å². The first-order chi connectivity index (χ1) is 6.93. The predicted octanol–water partition coefficient (Wildman–Crippen LogP) is 1.90. The average molecular weight is 227 g/mol. The van der Waals surface area contributed by atoms with Crippen LogP contribution in [0.25, 0.3) is 10.9 Å². The molecule has 1 heterocycles. The highest BCUT2D eigenvalue weighted by molar-refractivity contribution is 7.89. The second-order valence-corrected chi connectivity index (χ2v) is 5.29. The monoisotopic (exact) mass is 227 g/mol. The Labute approximate surface area is 87.2 Å². The molecule has 0 saturated heterocycles. The molecule has 0 atom stereocenters. The van der Waals surface area contributed by atoms with Crippen molar-refractivity contribution in [2.75, 3.05) is 6.26 Å². The van der Waals surface area contributed by atoms with Crippen molar-refractivity contribution < 1.29 is 12.8 Å². The smallest absolute Gasteiger partial charge is 0.212 e. The molecule has 0 saturated carbocycles. The van der Waals surface area contributed by atoms with Gasteiger partial charge < -0.3 is 0 Å². The summed E-state index contributed by atoms with van der Waals surface area (Å²) in [6.07, 6.45) is 0.988. The lowest BCUT2D eigenvalue weighted by atomic mass is 10.2. The van der Waals surface area contributed by atoms with Crippen molar-refractivity contribution in [2.24, 2.45) is 0 Å². The Balaban J connectivity index is 3.03. The van der Waals surface area contributed by atoms with Crippen molar-refractivity contribution in [2.45, 2.75) is 6.92 Å². The molecule has 0 N–H and O–H groups in total. The molecule has 1 aromatic heterocycles. The number of fused-ring (bicyclic) bond motifs is 1. The van der Waals surface area contributed by atoms with Crippen LogP contribution in [0.3, 0.4) is 0 Å². The molecular formula is C10H10FNO2S. The number of halogens is 1. The molecule has 80 valence electrons. The van der Waals surface area contributed by atoms with E-state index in [0.717, 1.165) is 10.2 Å². The second kappa shape index (κ2) is 3.06. The van der Waals surface area contributed by atoms with Crippen molar-refractivity contribution in [3.8, 4) is 0 Å². The molecule has 0 unspecified atom stereocenters. The summed E-state index contributed by atoms with van der Waals surface area (Å²) in [7, 11) is -3.60. The molecule has 0 radical (unpaired) electrons. The number of hydrogen-bond acceptors (Lipinski definition) is 2. The zero-order valence-corrected chi connectivity index (χ0v) is 9.18. The highest BCUT2D eigenvalue weighted by Crippen LogP contribution is 2.25. The second-order valence-electron chi connectivity index (χ2n) is 3.46. The van der Waals surface area contributed by atoms with Crippen LogP contribution in [0.5, 0.6) is 0 Å². The van der Waals surface area contributed by atoms with Gasteiger partial charge in [-0.05, 0) is 13.0 Å². The SMILES string of the molecule is Cc1c(F)n(S(C)(=O)=O)c2ccccc12. The Morgan fingerprint density at radius 2 is 1.87 bits per heavy atom. The number of rotatable bonds is 1. The fourth-order valence-corrected chi connectivity index (χ4v) is 2.61. The van der Waals surface area contributed by atoms with Crippen LogP contribution in [0, 0.1) is 12.9 Å². The number of nitrogens with zero attached hydrogens (tertiary/aromatic N) is 1. The number of benzene rings is 1. The van der Waals surface area contributed by atoms with Crippen LogP contribution in [0.1, 0.15) is 5.56 Å². The third kappa shape index (κ3) is 1.43. The first-order valence-corrected chi connectivity index (χ1v) is 6.24. The van der Waals surface area contributed by atoms with Gasteiger partial charge in [0.15, 0.2) is 0 Å². The van der Waals surface area contributed by atoms with Crippen molar-refractivity contribution in [3.05, 3.63) is 35.8 Å². The van der Waals surface area contributed by atoms with E-state index in [9.17, 15) is 12.8 Å². The van der Waals surface area contributed by atoms with Crippen molar-refractivity contribution in [3.63, 3.8) is 0 Å². The van der Waals surface area contributed by atoms with Gasteiger partial charge in [0.05, 0.1) is 11.8 Å². The summed E-state index contributed by atoms with van der Waals surface area (Å²) in [5.74, 6) is -0.710. The first kappa shape index (κ1) is 10.2. The summed E-state index contributed by atoms with van der Waals surface area (Å²) in [6.45, 7) is 1.57.